The molecular formula is C21H19NOS2. The zero-order valence-electron chi connectivity index (χ0n) is 13.9. The summed E-state index contributed by atoms with van der Waals surface area (Å²) in [5.41, 5.74) is 0.849. The van der Waals surface area contributed by atoms with Gasteiger partial charge in [-0.2, -0.15) is 0 Å². The third kappa shape index (κ3) is 5.15. The molecule has 4 heteroatoms. The van der Waals surface area contributed by atoms with Gasteiger partial charge >= 0.3 is 0 Å². The fraction of sp³-hybridized carbons (Fsp3) is 0.0952. The maximum Gasteiger partial charge on any atom is 0.237 e. The smallest absolute Gasteiger partial charge is 0.237 e. The van der Waals surface area contributed by atoms with Crippen molar-refractivity contribution in [2.24, 2.45) is 0 Å². The molecule has 126 valence electrons. The number of hydrogen-bond donors (Lipinski definition) is 1. The Morgan fingerprint density at radius 2 is 1.36 bits per heavy atom. The second-order valence-electron chi connectivity index (χ2n) is 5.47. The van der Waals surface area contributed by atoms with Gasteiger partial charge in [0, 0.05) is 14.7 Å². The lowest BCUT2D eigenvalue weighted by Crippen LogP contribution is -2.22. The summed E-state index contributed by atoms with van der Waals surface area (Å²) >= 11 is 3.21. The van der Waals surface area contributed by atoms with E-state index in [4.69, 9.17) is 0 Å². The molecule has 0 fully saturated rings. The number of rotatable bonds is 6. The van der Waals surface area contributed by atoms with Crippen LogP contribution in [0.2, 0.25) is 0 Å². The first-order valence-corrected chi connectivity index (χ1v) is 9.76. The molecule has 0 saturated heterocycles. The minimum Gasteiger partial charge on any atom is -0.324 e. The van der Waals surface area contributed by atoms with Crippen LogP contribution in [0.5, 0.6) is 0 Å². The predicted octanol–water partition coefficient (Wildman–Crippen LogP) is 5.96. The fourth-order valence-electron chi connectivity index (χ4n) is 2.27. The fourth-order valence-corrected chi connectivity index (χ4v) is 4.08. The number of anilines is 1. The zero-order chi connectivity index (χ0) is 17.5. The van der Waals surface area contributed by atoms with E-state index in [-0.39, 0.29) is 11.2 Å². The molecule has 1 amide bonds. The normalized spacial score (nSPS) is 11.7. The van der Waals surface area contributed by atoms with Crippen molar-refractivity contribution >= 4 is 35.1 Å². The molecule has 0 radical (unpaired) electrons. The summed E-state index contributed by atoms with van der Waals surface area (Å²) < 4.78 is 0. The molecule has 0 saturated carbocycles. The summed E-state index contributed by atoms with van der Waals surface area (Å²) in [5.74, 6) is 0.00923. The summed E-state index contributed by atoms with van der Waals surface area (Å²) in [4.78, 5) is 15.9. The number of hydrogen-bond acceptors (Lipinski definition) is 3. The van der Waals surface area contributed by atoms with Crippen molar-refractivity contribution in [3.05, 3.63) is 84.9 Å². The molecule has 3 aromatic rings. The number of carbonyl (C=O) groups excluding carboxylic acids is 1. The predicted molar refractivity (Wildman–Crippen MR) is 107 cm³/mol. The molecule has 0 aromatic heterocycles. The second-order valence-corrected chi connectivity index (χ2v) is 8.00. The van der Waals surface area contributed by atoms with E-state index in [0.717, 1.165) is 20.4 Å². The number of benzene rings is 3. The Morgan fingerprint density at radius 3 is 2.04 bits per heavy atom. The third-order valence-corrected chi connectivity index (χ3v) is 5.74. The van der Waals surface area contributed by atoms with Crippen LogP contribution in [0.3, 0.4) is 0 Å². The standard InChI is InChI=1S/C21H19NOS2/c1-16(24-17-10-4-2-5-11-17)21(23)22-19-14-8-9-15-20(19)25-18-12-6-3-7-13-18/h2-16H,1H3,(H,22,23)/t16-/m1/s1. The van der Waals surface area contributed by atoms with Gasteiger partial charge < -0.3 is 5.32 Å². The molecule has 0 aliphatic rings. The summed E-state index contributed by atoms with van der Waals surface area (Å²) in [5, 5.41) is 2.90. The molecule has 0 bridgehead atoms. The van der Waals surface area contributed by atoms with E-state index in [2.05, 4.69) is 17.4 Å². The number of nitrogens with one attached hydrogen (secondary N) is 1. The lowest BCUT2D eigenvalue weighted by atomic mass is 10.3. The molecule has 1 atom stereocenters. The van der Waals surface area contributed by atoms with Crippen molar-refractivity contribution in [3.63, 3.8) is 0 Å². The van der Waals surface area contributed by atoms with Crippen molar-refractivity contribution in [1.29, 1.82) is 0 Å². The highest BCUT2D eigenvalue weighted by atomic mass is 32.2. The van der Waals surface area contributed by atoms with Gasteiger partial charge in [0.1, 0.15) is 0 Å². The Kier molecular flexibility index (Phi) is 6.20. The van der Waals surface area contributed by atoms with Gasteiger partial charge in [0.05, 0.1) is 10.9 Å². The molecule has 3 rings (SSSR count). The van der Waals surface area contributed by atoms with Gasteiger partial charge in [-0.05, 0) is 43.3 Å². The van der Waals surface area contributed by atoms with Crippen LogP contribution in [0.1, 0.15) is 6.92 Å². The lowest BCUT2D eigenvalue weighted by molar-refractivity contribution is -0.115. The Morgan fingerprint density at radius 1 is 0.800 bits per heavy atom. The van der Waals surface area contributed by atoms with Crippen LogP contribution in [0.25, 0.3) is 0 Å². The summed E-state index contributed by atoms with van der Waals surface area (Å²) in [6.45, 7) is 1.93. The maximum absolute atomic E-state index is 12.6. The van der Waals surface area contributed by atoms with E-state index in [0.29, 0.717) is 0 Å². The molecular weight excluding hydrogens is 346 g/mol. The quantitative estimate of drug-likeness (QED) is 0.547. The maximum atomic E-state index is 12.6. The number of para-hydroxylation sites is 1. The first kappa shape index (κ1) is 17.6. The van der Waals surface area contributed by atoms with E-state index < -0.39 is 0 Å². The van der Waals surface area contributed by atoms with Crippen molar-refractivity contribution in [3.8, 4) is 0 Å². The van der Waals surface area contributed by atoms with Gasteiger partial charge in [0.2, 0.25) is 5.91 Å². The lowest BCUT2D eigenvalue weighted by Gasteiger charge is -2.14. The summed E-state index contributed by atoms with van der Waals surface area (Å²) in [6, 6.07) is 28.1. The van der Waals surface area contributed by atoms with Gasteiger partial charge in [-0.3, -0.25) is 4.79 Å². The molecule has 0 spiro atoms. The Labute approximate surface area is 157 Å². The number of amides is 1. The van der Waals surface area contributed by atoms with Gasteiger partial charge in [0.25, 0.3) is 0 Å². The molecule has 3 aromatic carbocycles. The molecule has 0 unspecified atom stereocenters. The van der Waals surface area contributed by atoms with Gasteiger partial charge in [-0.25, -0.2) is 0 Å². The Balaban J connectivity index is 1.69. The molecule has 0 aliphatic carbocycles. The minimum absolute atomic E-state index is 0.00923. The highest BCUT2D eigenvalue weighted by Gasteiger charge is 2.16. The van der Waals surface area contributed by atoms with Crippen molar-refractivity contribution in [1.82, 2.24) is 0 Å². The first-order valence-electron chi connectivity index (χ1n) is 8.07. The van der Waals surface area contributed by atoms with Crippen LogP contribution in [0, 0.1) is 0 Å². The average molecular weight is 366 g/mol. The molecule has 0 aliphatic heterocycles. The molecule has 0 heterocycles. The summed E-state index contributed by atoms with van der Waals surface area (Å²) in [7, 11) is 0. The van der Waals surface area contributed by atoms with E-state index in [1.807, 2.05) is 79.7 Å². The van der Waals surface area contributed by atoms with Crippen LogP contribution in [0.4, 0.5) is 5.69 Å². The van der Waals surface area contributed by atoms with Crippen molar-refractivity contribution in [2.75, 3.05) is 5.32 Å². The van der Waals surface area contributed by atoms with Crippen LogP contribution in [-0.4, -0.2) is 11.2 Å². The van der Waals surface area contributed by atoms with Gasteiger partial charge in [0.15, 0.2) is 0 Å². The first-order chi connectivity index (χ1) is 12.2. The van der Waals surface area contributed by atoms with Gasteiger partial charge in [-0.1, -0.05) is 60.3 Å². The third-order valence-electron chi connectivity index (χ3n) is 3.54. The highest BCUT2D eigenvalue weighted by Crippen LogP contribution is 2.33. The van der Waals surface area contributed by atoms with Crippen molar-refractivity contribution < 1.29 is 4.79 Å². The molecule has 25 heavy (non-hydrogen) atoms. The molecule has 1 N–H and O–H groups in total. The monoisotopic (exact) mass is 365 g/mol. The SMILES string of the molecule is C[C@@H](Sc1ccccc1)C(=O)Nc1ccccc1Sc1ccccc1. The number of carbonyl (C=O) groups is 1. The Bertz CT molecular complexity index is 822. The van der Waals surface area contributed by atoms with E-state index in [1.165, 1.54) is 0 Å². The summed E-state index contributed by atoms with van der Waals surface area (Å²) in [6.07, 6.45) is 0. The average Bonchev–Trinajstić information content (AvgIpc) is 2.65. The topological polar surface area (TPSA) is 29.1 Å². The van der Waals surface area contributed by atoms with E-state index >= 15 is 0 Å². The highest BCUT2D eigenvalue weighted by molar-refractivity contribution is 8.00. The van der Waals surface area contributed by atoms with Crippen LogP contribution >= 0.6 is 23.5 Å². The largest absolute Gasteiger partial charge is 0.324 e. The molecule has 2 nitrogen and oxygen atoms in total. The second kappa shape index (κ2) is 8.79. The van der Waals surface area contributed by atoms with Gasteiger partial charge in [-0.15, -0.1) is 11.8 Å². The van der Waals surface area contributed by atoms with Crippen LogP contribution in [-0.2, 0) is 4.79 Å². The van der Waals surface area contributed by atoms with E-state index in [9.17, 15) is 4.79 Å². The zero-order valence-corrected chi connectivity index (χ0v) is 15.5. The van der Waals surface area contributed by atoms with Crippen molar-refractivity contribution in [2.45, 2.75) is 26.9 Å². The number of thioether (sulfide) groups is 1. The van der Waals surface area contributed by atoms with Crippen LogP contribution in [0.15, 0.2) is 99.6 Å². The van der Waals surface area contributed by atoms with Crippen LogP contribution < -0.4 is 5.32 Å². The van der Waals surface area contributed by atoms with E-state index in [1.54, 1.807) is 23.5 Å². The minimum atomic E-state index is -0.169. The Hall–Kier alpha value is -2.17.